The molecule has 0 aliphatic carbocycles. The maximum absolute atomic E-state index is 13.4. The highest BCUT2D eigenvalue weighted by Crippen LogP contribution is 2.31. The van der Waals surface area contributed by atoms with Crippen molar-refractivity contribution in [1.82, 2.24) is 15.1 Å². The SMILES string of the molecule is Cn1cc(-c2ccc(F)c(F)c2)c(C2CCCN2)n1. The van der Waals surface area contributed by atoms with E-state index in [0.29, 0.717) is 5.56 Å². The predicted octanol–water partition coefficient (Wildman–Crippen LogP) is 2.79. The third kappa shape index (κ3) is 2.26. The number of rotatable bonds is 2. The Kier molecular flexibility index (Phi) is 3.06. The van der Waals surface area contributed by atoms with E-state index in [1.165, 1.54) is 6.07 Å². The minimum absolute atomic E-state index is 0.198. The molecule has 0 bridgehead atoms. The normalized spacial score (nSPS) is 19.0. The minimum Gasteiger partial charge on any atom is -0.309 e. The van der Waals surface area contributed by atoms with Gasteiger partial charge in [0, 0.05) is 18.8 Å². The zero-order valence-corrected chi connectivity index (χ0v) is 10.7. The zero-order chi connectivity index (χ0) is 13.4. The molecule has 1 aromatic heterocycles. The summed E-state index contributed by atoms with van der Waals surface area (Å²) in [5, 5.41) is 7.84. The van der Waals surface area contributed by atoms with Gasteiger partial charge in [-0.3, -0.25) is 4.68 Å². The lowest BCUT2D eigenvalue weighted by atomic mass is 10.0. The Morgan fingerprint density at radius 3 is 2.84 bits per heavy atom. The van der Waals surface area contributed by atoms with Gasteiger partial charge < -0.3 is 5.32 Å². The number of nitrogens with one attached hydrogen (secondary N) is 1. The molecule has 0 saturated carbocycles. The van der Waals surface area contributed by atoms with E-state index in [0.717, 1.165) is 36.7 Å². The molecule has 100 valence electrons. The fraction of sp³-hybridized carbons (Fsp3) is 0.357. The lowest BCUT2D eigenvalue weighted by molar-refractivity contribution is 0.509. The van der Waals surface area contributed by atoms with Crippen molar-refractivity contribution >= 4 is 0 Å². The average Bonchev–Trinajstić information content (AvgIpc) is 3.01. The summed E-state index contributed by atoms with van der Waals surface area (Å²) in [6.07, 6.45) is 3.98. The van der Waals surface area contributed by atoms with Crippen LogP contribution >= 0.6 is 0 Å². The molecule has 2 aromatic rings. The van der Waals surface area contributed by atoms with Gasteiger partial charge in [-0.15, -0.1) is 0 Å². The van der Waals surface area contributed by atoms with Gasteiger partial charge in [0.1, 0.15) is 0 Å². The zero-order valence-electron chi connectivity index (χ0n) is 10.7. The molecule has 1 N–H and O–H groups in total. The molecule has 1 aliphatic rings. The quantitative estimate of drug-likeness (QED) is 0.903. The summed E-state index contributed by atoms with van der Waals surface area (Å²) in [6.45, 7) is 0.971. The smallest absolute Gasteiger partial charge is 0.159 e. The molecule has 1 aromatic carbocycles. The van der Waals surface area contributed by atoms with Crippen LogP contribution in [0, 0.1) is 11.6 Å². The van der Waals surface area contributed by atoms with Crippen molar-refractivity contribution in [2.75, 3.05) is 6.54 Å². The first-order chi connectivity index (χ1) is 9.15. The van der Waals surface area contributed by atoms with Gasteiger partial charge >= 0.3 is 0 Å². The van der Waals surface area contributed by atoms with Crippen molar-refractivity contribution in [1.29, 1.82) is 0 Å². The van der Waals surface area contributed by atoms with E-state index in [2.05, 4.69) is 10.4 Å². The second-order valence-electron chi connectivity index (χ2n) is 4.88. The first-order valence-electron chi connectivity index (χ1n) is 6.37. The number of benzene rings is 1. The van der Waals surface area contributed by atoms with E-state index in [4.69, 9.17) is 0 Å². The Bertz CT molecular complexity index is 601. The summed E-state index contributed by atoms with van der Waals surface area (Å²) in [5.41, 5.74) is 2.43. The molecule has 1 atom stereocenters. The van der Waals surface area contributed by atoms with Crippen LogP contribution < -0.4 is 5.32 Å². The molecule has 0 amide bonds. The van der Waals surface area contributed by atoms with E-state index >= 15 is 0 Å². The van der Waals surface area contributed by atoms with Crippen LogP contribution in [0.5, 0.6) is 0 Å². The van der Waals surface area contributed by atoms with E-state index in [1.807, 2.05) is 13.2 Å². The molecule has 0 radical (unpaired) electrons. The fourth-order valence-electron chi connectivity index (χ4n) is 2.57. The molecule has 1 fully saturated rings. The van der Waals surface area contributed by atoms with Crippen molar-refractivity contribution in [3.8, 4) is 11.1 Å². The van der Waals surface area contributed by atoms with Gasteiger partial charge in [0.15, 0.2) is 11.6 Å². The average molecular weight is 263 g/mol. The molecule has 1 aliphatic heterocycles. The summed E-state index contributed by atoms with van der Waals surface area (Å²) < 4.78 is 28.1. The molecule has 2 heterocycles. The second kappa shape index (κ2) is 4.74. The van der Waals surface area contributed by atoms with Crippen LogP contribution in [-0.4, -0.2) is 16.3 Å². The van der Waals surface area contributed by atoms with Gasteiger partial charge in [0.05, 0.1) is 11.7 Å². The van der Waals surface area contributed by atoms with Gasteiger partial charge in [0.2, 0.25) is 0 Å². The van der Waals surface area contributed by atoms with E-state index in [1.54, 1.807) is 10.7 Å². The van der Waals surface area contributed by atoms with E-state index < -0.39 is 11.6 Å². The summed E-state index contributed by atoms with van der Waals surface area (Å²) >= 11 is 0. The van der Waals surface area contributed by atoms with Crippen LogP contribution in [-0.2, 0) is 7.05 Å². The number of aryl methyl sites for hydroxylation is 1. The van der Waals surface area contributed by atoms with Crippen LogP contribution in [0.25, 0.3) is 11.1 Å². The van der Waals surface area contributed by atoms with Crippen LogP contribution in [0.1, 0.15) is 24.6 Å². The maximum atomic E-state index is 13.4. The summed E-state index contributed by atoms with van der Waals surface area (Å²) in [4.78, 5) is 0. The molecule has 1 saturated heterocycles. The fourth-order valence-corrected chi connectivity index (χ4v) is 2.57. The summed E-state index contributed by atoms with van der Waals surface area (Å²) in [5.74, 6) is -1.65. The second-order valence-corrected chi connectivity index (χ2v) is 4.88. The third-order valence-corrected chi connectivity index (χ3v) is 3.48. The van der Waals surface area contributed by atoms with E-state index in [9.17, 15) is 8.78 Å². The molecule has 5 heteroatoms. The van der Waals surface area contributed by atoms with Gasteiger partial charge in [-0.2, -0.15) is 5.10 Å². The number of aromatic nitrogens is 2. The van der Waals surface area contributed by atoms with Crippen molar-refractivity contribution in [2.24, 2.45) is 7.05 Å². The molecule has 3 nitrogen and oxygen atoms in total. The molecule has 19 heavy (non-hydrogen) atoms. The molecule has 1 unspecified atom stereocenters. The van der Waals surface area contributed by atoms with Crippen molar-refractivity contribution < 1.29 is 8.78 Å². The van der Waals surface area contributed by atoms with Crippen molar-refractivity contribution in [3.63, 3.8) is 0 Å². The number of hydrogen-bond donors (Lipinski definition) is 1. The Morgan fingerprint density at radius 1 is 1.32 bits per heavy atom. The highest BCUT2D eigenvalue weighted by molar-refractivity contribution is 5.66. The predicted molar refractivity (Wildman–Crippen MR) is 68.5 cm³/mol. The standard InChI is InChI=1S/C14H15F2N3/c1-19-8-10(9-4-5-11(15)12(16)7-9)14(18-19)13-3-2-6-17-13/h4-5,7-8,13,17H,2-3,6H2,1H3. The maximum Gasteiger partial charge on any atom is 0.159 e. The Hall–Kier alpha value is -1.75. The molecular weight excluding hydrogens is 248 g/mol. The van der Waals surface area contributed by atoms with E-state index in [-0.39, 0.29) is 6.04 Å². The number of hydrogen-bond acceptors (Lipinski definition) is 2. The topological polar surface area (TPSA) is 29.9 Å². The summed E-state index contributed by atoms with van der Waals surface area (Å²) in [7, 11) is 1.84. The first-order valence-corrected chi connectivity index (χ1v) is 6.37. The summed E-state index contributed by atoms with van der Waals surface area (Å²) in [6, 6.07) is 4.17. The third-order valence-electron chi connectivity index (χ3n) is 3.48. The number of nitrogens with zero attached hydrogens (tertiary/aromatic N) is 2. The Balaban J connectivity index is 2.05. The molecule has 3 rings (SSSR count). The Labute approximate surface area is 110 Å². The Morgan fingerprint density at radius 2 is 2.16 bits per heavy atom. The van der Waals surface area contributed by atoms with Crippen molar-refractivity contribution in [3.05, 3.63) is 41.7 Å². The minimum atomic E-state index is -0.827. The van der Waals surface area contributed by atoms with Gasteiger partial charge in [-0.05, 0) is 37.1 Å². The highest BCUT2D eigenvalue weighted by Gasteiger charge is 2.23. The number of halogens is 2. The van der Waals surface area contributed by atoms with Gasteiger partial charge in [-0.25, -0.2) is 8.78 Å². The van der Waals surface area contributed by atoms with Crippen LogP contribution in [0.2, 0.25) is 0 Å². The van der Waals surface area contributed by atoms with Gasteiger partial charge in [-0.1, -0.05) is 6.07 Å². The van der Waals surface area contributed by atoms with Crippen LogP contribution in [0.3, 0.4) is 0 Å². The first kappa shape index (κ1) is 12.3. The van der Waals surface area contributed by atoms with Crippen LogP contribution in [0.4, 0.5) is 8.78 Å². The van der Waals surface area contributed by atoms with Crippen LogP contribution in [0.15, 0.2) is 24.4 Å². The lowest BCUT2D eigenvalue weighted by Gasteiger charge is -2.10. The lowest BCUT2D eigenvalue weighted by Crippen LogP contribution is -2.14. The largest absolute Gasteiger partial charge is 0.309 e. The highest BCUT2D eigenvalue weighted by atomic mass is 19.2. The monoisotopic (exact) mass is 263 g/mol. The molecular formula is C14H15F2N3. The molecule has 0 spiro atoms. The van der Waals surface area contributed by atoms with Gasteiger partial charge in [0.25, 0.3) is 0 Å². The van der Waals surface area contributed by atoms with Crippen molar-refractivity contribution in [2.45, 2.75) is 18.9 Å².